The quantitative estimate of drug-likeness (QED) is 0.860. The van der Waals surface area contributed by atoms with Crippen molar-refractivity contribution in [1.82, 2.24) is 5.32 Å². The Morgan fingerprint density at radius 2 is 2.06 bits per heavy atom. The van der Waals surface area contributed by atoms with Gasteiger partial charge in [-0.25, -0.2) is 0 Å². The lowest BCUT2D eigenvalue weighted by Gasteiger charge is -2.14. The summed E-state index contributed by atoms with van der Waals surface area (Å²) in [5.74, 6) is 0.708. The maximum Gasteiger partial charge on any atom is 0.260 e. The van der Waals surface area contributed by atoms with Gasteiger partial charge in [-0.1, -0.05) is 0 Å². The fourth-order valence-corrected chi connectivity index (χ4v) is 1.68. The molecule has 3 nitrogen and oxygen atoms in total. The second-order valence-electron chi connectivity index (χ2n) is 4.00. The molecule has 0 saturated heterocycles. The number of carbonyl (C=O) groups is 1. The molecule has 0 spiro atoms. The molecule has 0 bridgehead atoms. The monoisotopic (exact) mass is 331 g/mol. The third kappa shape index (κ3) is 3.37. The largest absolute Gasteiger partial charge is 0.481 e. The van der Waals surface area contributed by atoms with Gasteiger partial charge < -0.3 is 10.1 Å². The molecule has 1 unspecified atom stereocenters. The van der Waals surface area contributed by atoms with Crippen LogP contribution in [0.3, 0.4) is 0 Å². The number of carbonyl (C=O) groups excluding carboxylic acids is 1. The average Bonchev–Trinajstić information content (AvgIpc) is 3.05. The highest BCUT2D eigenvalue weighted by Crippen LogP contribution is 2.19. The summed E-state index contributed by atoms with van der Waals surface area (Å²) >= 11 is 2.23. The lowest BCUT2D eigenvalue weighted by Crippen LogP contribution is -2.37. The molecule has 1 N–H and O–H groups in total. The minimum atomic E-state index is -0.430. The van der Waals surface area contributed by atoms with Crippen LogP contribution in [0, 0.1) is 3.57 Å². The van der Waals surface area contributed by atoms with Crippen molar-refractivity contribution in [1.29, 1.82) is 0 Å². The summed E-state index contributed by atoms with van der Waals surface area (Å²) in [7, 11) is 0. The molecule has 2 rings (SSSR count). The SMILES string of the molecule is CC(Oc1ccc(I)cc1)C(=O)NC1CC1. The molecule has 0 aromatic heterocycles. The number of benzene rings is 1. The van der Waals surface area contributed by atoms with E-state index in [-0.39, 0.29) is 5.91 Å². The van der Waals surface area contributed by atoms with E-state index < -0.39 is 6.10 Å². The molecule has 1 atom stereocenters. The van der Waals surface area contributed by atoms with Gasteiger partial charge in [-0.2, -0.15) is 0 Å². The zero-order valence-corrected chi connectivity index (χ0v) is 11.2. The Morgan fingerprint density at radius 3 is 2.62 bits per heavy atom. The first kappa shape index (κ1) is 11.7. The van der Waals surface area contributed by atoms with E-state index in [4.69, 9.17) is 4.74 Å². The molecule has 1 aromatic carbocycles. The first-order valence-electron chi connectivity index (χ1n) is 5.38. The van der Waals surface area contributed by atoms with Crippen molar-refractivity contribution in [3.8, 4) is 5.75 Å². The summed E-state index contributed by atoms with van der Waals surface area (Å²) in [4.78, 5) is 11.6. The van der Waals surface area contributed by atoms with E-state index in [0.717, 1.165) is 22.2 Å². The molecule has 0 aliphatic heterocycles. The van der Waals surface area contributed by atoms with Crippen LogP contribution in [0.15, 0.2) is 24.3 Å². The second-order valence-corrected chi connectivity index (χ2v) is 5.24. The van der Waals surface area contributed by atoms with Crippen LogP contribution in [-0.4, -0.2) is 18.1 Å². The predicted octanol–water partition coefficient (Wildman–Crippen LogP) is 2.34. The average molecular weight is 331 g/mol. The zero-order chi connectivity index (χ0) is 11.5. The molecule has 16 heavy (non-hydrogen) atoms. The van der Waals surface area contributed by atoms with Crippen LogP contribution in [0.25, 0.3) is 0 Å². The summed E-state index contributed by atoms with van der Waals surface area (Å²) in [5, 5.41) is 2.92. The van der Waals surface area contributed by atoms with Crippen molar-refractivity contribution in [3.63, 3.8) is 0 Å². The minimum Gasteiger partial charge on any atom is -0.481 e. The Hall–Kier alpha value is -0.780. The van der Waals surface area contributed by atoms with E-state index in [1.54, 1.807) is 6.92 Å². The summed E-state index contributed by atoms with van der Waals surface area (Å²) in [6, 6.07) is 8.06. The minimum absolute atomic E-state index is 0.0268. The third-order valence-electron chi connectivity index (χ3n) is 2.42. The van der Waals surface area contributed by atoms with Gasteiger partial charge in [0.2, 0.25) is 0 Å². The molecule has 86 valence electrons. The Morgan fingerprint density at radius 1 is 1.44 bits per heavy atom. The van der Waals surface area contributed by atoms with Crippen LogP contribution >= 0.6 is 22.6 Å². The maximum absolute atomic E-state index is 11.6. The molecular formula is C12H14INO2. The van der Waals surface area contributed by atoms with Crippen LogP contribution < -0.4 is 10.1 Å². The van der Waals surface area contributed by atoms with Crippen molar-refractivity contribution in [2.75, 3.05) is 0 Å². The van der Waals surface area contributed by atoms with Gasteiger partial charge in [-0.15, -0.1) is 0 Å². The maximum atomic E-state index is 11.6. The van der Waals surface area contributed by atoms with Crippen LogP contribution in [0.2, 0.25) is 0 Å². The number of nitrogens with one attached hydrogen (secondary N) is 1. The Bertz CT molecular complexity index is 373. The number of halogens is 1. The summed E-state index contributed by atoms with van der Waals surface area (Å²) in [6.07, 6.45) is 1.77. The van der Waals surface area contributed by atoms with Crippen LogP contribution in [0.5, 0.6) is 5.75 Å². The van der Waals surface area contributed by atoms with E-state index in [2.05, 4.69) is 27.9 Å². The van der Waals surface area contributed by atoms with Crippen molar-refractivity contribution < 1.29 is 9.53 Å². The lowest BCUT2D eigenvalue weighted by molar-refractivity contribution is -0.127. The Kier molecular flexibility index (Phi) is 3.68. The van der Waals surface area contributed by atoms with Crippen LogP contribution in [0.4, 0.5) is 0 Å². The predicted molar refractivity (Wildman–Crippen MR) is 70.4 cm³/mol. The van der Waals surface area contributed by atoms with E-state index in [1.165, 1.54) is 0 Å². The fraction of sp³-hybridized carbons (Fsp3) is 0.417. The third-order valence-corrected chi connectivity index (χ3v) is 3.14. The number of hydrogen-bond acceptors (Lipinski definition) is 2. The lowest BCUT2D eigenvalue weighted by atomic mass is 10.3. The van der Waals surface area contributed by atoms with E-state index in [1.807, 2.05) is 24.3 Å². The Balaban J connectivity index is 1.87. The van der Waals surface area contributed by atoms with E-state index in [9.17, 15) is 4.79 Å². The van der Waals surface area contributed by atoms with Gasteiger partial charge >= 0.3 is 0 Å². The number of hydrogen-bond donors (Lipinski definition) is 1. The van der Waals surface area contributed by atoms with Gasteiger partial charge in [0.15, 0.2) is 6.10 Å². The molecule has 1 aliphatic carbocycles. The zero-order valence-electron chi connectivity index (χ0n) is 9.07. The molecule has 1 fully saturated rings. The molecule has 1 amide bonds. The molecule has 4 heteroatoms. The highest BCUT2D eigenvalue weighted by Gasteiger charge is 2.26. The number of rotatable bonds is 4. The van der Waals surface area contributed by atoms with Gasteiger partial charge in [-0.3, -0.25) is 4.79 Å². The summed E-state index contributed by atoms with van der Waals surface area (Å²) < 4.78 is 6.70. The Labute approximate surface area is 109 Å². The van der Waals surface area contributed by atoms with Crippen molar-refractivity contribution in [2.45, 2.75) is 31.9 Å². The first-order valence-corrected chi connectivity index (χ1v) is 6.45. The van der Waals surface area contributed by atoms with Crippen molar-refractivity contribution in [3.05, 3.63) is 27.8 Å². The molecule has 0 radical (unpaired) electrons. The second kappa shape index (κ2) is 5.03. The molecular weight excluding hydrogens is 317 g/mol. The van der Waals surface area contributed by atoms with Crippen LogP contribution in [0.1, 0.15) is 19.8 Å². The topological polar surface area (TPSA) is 38.3 Å². The molecule has 1 saturated carbocycles. The standard InChI is InChI=1S/C12H14INO2/c1-8(12(15)14-10-4-5-10)16-11-6-2-9(13)3-7-11/h2-3,6-8,10H,4-5H2,1H3,(H,14,15). The smallest absolute Gasteiger partial charge is 0.260 e. The molecule has 1 aromatic rings. The van der Waals surface area contributed by atoms with Crippen molar-refractivity contribution in [2.24, 2.45) is 0 Å². The highest BCUT2D eigenvalue weighted by molar-refractivity contribution is 14.1. The summed E-state index contributed by atoms with van der Waals surface area (Å²) in [6.45, 7) is 1.77. The van der Waals surface area contributed by atoms with E-state index in [0.29, 0.717) is 6.04 Å². The fourth-order valence-electron chi connectivity index (χ4n) is 1.32. The normalized spacial score (nSPS) is 16.6. The number of ether oxygens (including phenoxy) is 1. The number of amides is 1. The molecule has 0 heterocycles. The first-order chi connectivity index (χ1) is 7.65. The van der Waals surface area contributed by atoms with Gasteiger partial charge in [0, 0.05) is 9.61 Å². The van der Waals surface area contributed by atoms with Gasteiger partial charge in [-0.05, 0) is 66.6 Å². The van der Waals surface area contributed by atoms with Crippen LogP contribution in [-0.2, 0) is 4.79 Å². The van der Waals surface area contributed by atoms with Gasteiger partial charge in [0.25, 0.3) is 5.91 Å². The summed E-state index contributed by atoms with van der Waals surface area (Å²) in [5.41, 5.74) is 0. The highest BCUT2D eigenvalue weighted by atomic mass is 127. The van der Waals surface area contributed by atoms with E-state index >= 15 is 0 Å². The van der Waals surface area contributed by atoms with Gasteiger partial charge in [0.1, 0.15) is 5.75 Å². The van der Waals surface area contributed by atoms with Crippen molar-refractivity contribution >= 4 is 28.5 Å². The van der Waals surface area contributed by atoms with Gasteiger partial charge in [0.05, 0.1) is 0 Å². The molecule has 1 aliphatic rings.